The molecule has 0 aliphatic heterocycles. The molecule has 1 rings (SSSR count). The molecule has 0 saturated heterocycles. The molecule has 0 unspecified atom stereocenters. The highest BCUT2D eigenvalue weighted by Crippen LogP contribution is 2.36. The minimum atomic E-state index is -4.58. The Bertz CT molecular complexity index is 393. The van der Waals surface area contributed by atoms with Crippen LogP contribution >= 0.6 is 38.5 Å². The summed E-state index contributed by atoms with van der Waals surface area (Å²) in [5, 5.41) is -0.0954. The van der Waals surface area contributed by atoms with Crippen molar-refractivity contribution in [2.24, 2.45) is 0 Å². The molecule has 0 bridgehead atoms. The van der Waals surface area contributed by atoms with Gasteiger partial charge in [0, 0.05) is 20.7 Å². The second kappa shape index (κ2) is 5.11. The summed E-state index contributed by atoms with van der Waals surface area (Å²) in [6.07, 6.45) is -7.03. The van der Waals surface area contributed by atoms with Crippen molar-refractivity contribution in [3.8, 4) is 0 Å². The Labute approximate surface area is 110 Å². The number of nitrogens with zero attached hydrogens (tertiary/aromatic N) is 1. The maximum Gasteiger partial charge on any atom is 0.418 e. The van der Waals surface area contributed by atoms with E-state index in [0.29, 0.717) is 6.20 Å². The predicted molar refractivity (Wildman–Crippen MR) is 59.5 cm³/mol. The molecular formula is C8H4BrF5IN. The van der Waals surface area contributed by atoms with E-state index in [-0.39, 0.29) is 14.5 Å². The molecule has 0 aromatic carbocycles. The summed E-state index contributed by atoms with van der Waals surface area (Å²) in [5.74, 6) is 0. The molecule has 0 saturated carbocycles. The second-order valence-corrected chi connectivity index (χ2v) is 4.42. The first kappa shape index (κ1) is 14.1. The first-order valence-electron chi connectivity index (χ1n) is 3.87. The number of rotatable bonds is 2. The molecule has 1 aromatic rings. The van der Waals surface area contributed by atoms with Gasteiger partial charge in [-0.1, -0.05) is 15.9 Å². The highest BCUT2D eigenvalue weighted by atomic mass is 127. The van der Waals surface area contributed by atoms with E-state index in [1.807, 2.05) is 0 Å². The summed E-state index contributed by atoms with van der Waals surface area (Å²) in [4.78, 5) is 3.17. The first-order valence-corrected chi connectivity index (χ1v) is 6.07. The summed E-state index contributed by atoms with van der Waals surface area (Å²) >= 11 is 4.28. The Balaban J connectivity index is 3.41. The molecule has 0 fully saturated rings. The van der Waals surface area contributed by atoms with Crippen molar-refractivity contribution in [3.05, 3.63) is 26.6 Å². The first-order chi connectivity index (χ1) is 7.29. The van der Waals surface area contributed by atoms with E-state index in [1.54, 1.807) is 0 Å². The normalized spacial score (nSPS) is 12.2. The van der Waals surface area contributed by atoms with Gasteiger partial charge in [-0.3, -0.25) is 4.98 Å². The van der Waals surface area contributed by atoms with Crippen molar-refractivity contribution >= 4 is 38.5 Å². The van der Waals surface area contributed by atoms with Gasteiger partial charge < -0.3 is 0 Å². The summed E-state index contributed by atoms with van der Waals surface area (Å²) < 4.78 is 62.0. The van der Waals surface area contributed by atoms with Crippen LogP contribution in [0.25, 0.3) is 0 Å². The third-order valence-electron chi connectivity index (χ3n) is 1.79. The average molecular weight is 416 g/mol. The van der Waals surface area contributed by atoms with Crippen LogP contribution in [0, 0.1) is 3.57 Å². The summed E-state index contributed by atoms with van der Waals surface area (Å²) in [5.41, 5.74) is -1.73. The van der Waals surface area contributed by atoms with E-state index < -0.39 is 23.9 Å². The van der Waals surface area contributed by atoms with Crippen LogP contribution in [0.4, 0.5) is 22.0 Å². The highest BCUT2D eigenvalue weighted by molar-refractivity contribution is 14.1. The van der Waals surface area contributed by atoms with Gasteiger partial charge in [0.05, 0.1) is 5.56 Å². The van der Waals surface area contributed by atoms with E-state index in [0.717, 1.165) is 0 Å². The molecule has 0 N–H and O–H groups in total. The summed E-state index contributed by atoms with van der Waals surface area (Å²) in [7, 11) is 0. The molecule has 0 aliphatic rings. The van der Waals surface area contributed by atoms with Crippen molar-refractivity contribution in [1.82, 2.24) is 4.98 Å². The average Bonchev–Trinajstić information content (AvgIpc) is 2.14. The zero-order chi connectivity index (χ0) is 12.5. The molecular weight excluding hydrogens is 412 g/mol. The topological polar surface area (TPSA) is 12.9 Å². The fraction of sp³-hybridized carbons (Fsp3) is 0.375. The van der Waals surface area contributed by atoms with E-state index in [4.69, 9.17) is 0 Å². The maximum atomic E-state index is 12.5. The highest BCUT2D eigenvalue weighted by Gasteiger charge is 2.35. The molecule has 0 spiro atoms. The van der Waals surface area contributed by atoms with Crippen LogP contribution in [0.5, 0.6) is 0 Å². The van der Waals surface area contributed by atoms with E-state index >= 15 is 0 Å². The number of halogens is 7. The van der Waals surface area contributed by atoms with Crippen LogP contribution < -0.4 is 0 Å². The number of hydrogen-bond donors (Lipinski definition) is 0. The lowest BCUT2D eigenvalue weighted by Gasteiger charge is -2.14. The SMILES string of the molecule is FC(F)c1ncc(C(F)(F)F)c(I)c1CBr. The van der Waals surface area contributed by atoms with E-state index in [1.165, 1.54) is 22.6 Å². The quantitative estimate of drug-likeness (QED) is 0.392. The van der Waals surface area contributed by atoms with E-state index in [2.05, 4.69) is 20.9 Å². The van der Waals surface area contributed by atoms with Crippen LogP contribution in [-0.2, 0) is 11.5 Å². The van der Waals surface area contributed by atoms with Crippen molar-refractivity contribution in [1.29, 1.82) is 0 Å². The third-order valence-corrected chi connectivity index (χ3v) is 3.58. The smallest absolute Gasteiger partial charge is 0.254 e. The van der Waals surface area contributed by atoms with E-state index in [9.17, 15) is 22.0 Å². The van der Waals surface area contributed by atoms with Crippen molar-refractivity contribution in [2.45, 2.75) is 17.9 Å². The van der Waals surface area contributed by atoms with Crippen molar-refractivity contribution < 1.29 is 22.0 Å². The van der Waals surface area contributed by atoms with Gasteiger partial charge in [-0.15, -0.1) is 0 Å². The third kappa shape index (κ3) is 2.82. The molecule has 0 aliphatic carbocycles. The van der Waals surface area contributed by atoms with Gasteiger partial charge in [0.25, 0.3) is 6.43 Å². The van der Waals surface area contributed by atoms with Crippen molar-refractivity contribution in [2.75, 3.05) is 0 Å². The van der Waals surface area contributed by atoms with Gasteiger partial charge in [0.15, 0.2) is 0 Å². The lowest BCUT2D eigenvalue weighted by Crippen LogP contribution is -2.12. The minimum Gasteiger partial charge on any atom is -0.254 e. The molecule has 16 heavy (non-hydrogen) atoms. The molecule has 1 heterocycles. The van der Waals surface area contributed by atoms with Crippen LogP contribution in [0.3, 0.4) is 0 Å². The van der Waals surface area contributed by atoms with Crippen LogP contribution in [-0.4, -0.2) is 4.98 Å². The fourth-order valence-corrected chi connectivity index (χ4v) is 3.06. The molecule has 0 atom stereocenters. The second-order valence-electron chi connectivity index (χ2n) is 2.78. The molecule has 1 nitrogen and oxygen atoms in total. The zero-order valence-corrected chi connectivity index (χ0v) is 11.2. The fourth-order valence-electron chi connectivity index (χ4n) is 1.06. The lowest BCUT2D eigenvalue weighted by atomic mass is 10.1. The Morgan fingerprint density at radius 3 is 2.31 bits per heavy atom. The molecule has 1 aromatic heterocycles. The van der Waals surface area contributed by atoms with Gasteiger partial charge in [0.2, 0.25) is 0 Å². The van der Waals surface area contributed by atoms with Gasteiger partial charge in [-0.2, -0.15) is 13.2 Å². The predicted octanol–water partition coefficient (Wildman–Crippen LogP) is 4.54. The number of alkyl halides is 6. The number of hydrogen-bond acceptors (Lipinski definition) is 1. The Hall–Kier alpha value is 0.01000. The largest absolute Gasteiger partial charge is 0.418 e. The van der Waals surface area contributed by atoms with Crippen LogP contribution in [0.1, 0.15) is 23.2 Å². The maximum absolute atomic E-state index is 12.5. The van der Waals surface area contributed by atoms with Crippen molar-refractivity contribution in [3.63, 3.8) is 0 Å². The van der Waals surface area contributed by atoms with Crippen LogP contribution in [0.15, 0.2) is 6.20 Å². The summed E-state index contributed by atoms with van der Waals surface area (Å²) in [6.45, 7) is 0. The molecule has 90 valence electrons. The number of aromatic nitrogens is 1. The van der Waals surface area contributed by atoms with Gasteiger partial charge in [0.1, 0.15) is 5.69 Å². The van der Waals surface area contributed by atoms with Gasteiger partial charge in [-0.05, 0) is 22.6 Å². The Morgan fingerprint density at radius 2 is 1.94 bits per heavy atom. The Morgan fingerprint density at radius 1 is 1.38 bits per heavy atom. The lowest BCUT2D eigenvalue weighted by molar-refractivity contribution is -0.138. The zero-order valence-electron chi connectivity index (χ0n) is 7.45. The minimum absolute atomic E-state index is 0.0954. The monoisotopic (exact) mass is 415 g/mol. The van der Waals surface area contributed by atoms with Gasteiger partial charge >= 0.3 is 6.18 Å². The molecule has 0 radical (unpaired) electrons. The standard InChI is InChI=1S/C8H4BrF5IN/c9-1-3-5(15)4(8(12,13)14)2-16-6(3)7(10)11/h2,7H,1H2. The molecule has 8 heteroatoms. The van der Waals surface area contributed by atoms with Crippen LogP contribution in [0.2, 0.25) is 0 Å². The number of pyridine rings is 1. The summed E-state index contributed by atoms with van der Waals surface area (Å²) in [6, 6.07) is 0. The Kier molecular flexibility index (Phi) is 4.49. The van der Waals surface area contributed by atoms with Gasteiger partial charge in [-0.25, -0.2) is 8.78 Å². The molecule has 0 amide bonds.